The van der Waals surface area contributed by atoms with Crippen LogP contribution < -0.4 is 10.6 Å². The summed E-state index contributed by atoms with van der Waals surface area (Å²) in [6.45, 7) is 2.12. The Morgan fingerprint density at radius 3 is 2.62 bits per heavy atom. The van der Waals surface area contributed by atoms with Gasteiger partial charge in [-0.25, -0.2) is 9.07 Å². The van der Waals surface area contributed by atoms with Gasteiger partial charge >= 0.3 is 0 Å². The molecular weight excluding hydrogens is 395 g/mol. The first-order valence-corrected chi connectivity index (χ1v) is 9.67. The number of nitrogens with two attached hydrogens (primary N) is 1. The van der Waals surface area contributed by atoms with Crippen LogP contribution in [0.3, 0.4) is 0 Å². The molecule has 0 saturated heterocycles. The maximum absolute atomic E-state index is 12.9. The van der Waals surface area contributed by atoms with Crippen molar-refractivity contribution in [2.24, 2.45) is 0 Å². The number of aryl methyl sites for hydroxylation is 1. The van der Waals surface area contributed by atoms with Crippen LogP contribution in [0, 0.1) is 12.7 Å². The van der Waals surface area contributed by atoms with Gasteiger partial charge in [-0.2, -0.15) is 4.98 Å². The molecule has 0 fully saturated rings. The Bertz CT molecular complexity index is 1090. The maximum atomic E-state index is 12.9. The molecule has 0 spiro atoms. The number of rotatable bonds is 7. The van der Waals surface area contributed by atoms with E-state index in [9.17, 15) is 4.39 Å². The fourth-order valence-corrected chi connectivity index (χ4v) is 3.16. The Hall–Kier alpha value is -3.40. The predicted molar refractivity (Wildman–Crippen MR) is 105 cm³/mol. The molecule has 148 valence electrons. The molecule has 2 aromatic carbocycles. The van der Waals surface area contributed by atoms with Gasteiger partial charge in [-0.05, 0) is 31.2 Å². The van der Waals surface area contributed by atoms with Crippen LogP contribution in [0.25, 0.3) is 11.4 Å². The molecule has 0 aliphatic heterocycles. The summed E-state index contributed by atoms with van der Waals surface area (Å²) in [5, 5.41) is 12.6. The first-order valence-electron chi connectivity index (χ1n) is 8.68. The number of nitrogens with zero attached hydrogens (tertiary/aromatic N) is 5. The average molecular weight is 412 g/mol. The molecule has 10 heteroatoms. The molecule has 0 amide bonds. The molecule has 0 unspecified atom stereocenters. The summed E-state index contributed by atoms with van der Waals surface area (Å²) in [6.07, 6.45) is 0. The van der Waals surface area contributed by atoms with E-state index >= 15 is 0 Å². The Kier molecular flexibility index (Phi) is 5.43. The lowest BCUT2D eigenvalue weighted by Crippen LogP contribution is -2.15. The van der Waals surface area contributed by atoms with Gasteiger partial charge in [-0.3, -0.25) is 0 Å². The minimum Gasteiger partial charge on any atom is -0.486 e. The molecule has 2 aromatic heterocycles. The van der Waals surface area contributed by atoms with Crippen LogP contribution in [0.1, 0.15) is 17.3 Å². The van der Waals surface area contributed by atoms with Gasteiger partial charge < -0.3 is 15.1 Å². The summed E-state index contributed by atoms with van der Waals surface area (Å²) >= 11 is 1.32. The van der Waals surface area contributed by atoms with Crippen LogP contribution in [0.4, 0.5) is 4.39 Å². The van der Waals surface area contributed by atoms with E-state index in [0.717, 1.165) is 11.1 Å². The number of halogens is 1. The molecule has 2 heterocycles. The summed E-state index contributed by atoms with van der Waals surface area (Å²) < 4.78 is 25.1. The number of ether oxygens (including phenoxy) is 1. The van der Waals surface area contributed by atoms with E-state index in [2.05, 4.69) is 20.3 Å². The normalized spacial score (nSPS) is 11.0. The third kappa shape index (κ3) is 4.54. The van der Waals surface area contributed by atoms with Crippen LogP contribution in [-0.4, -0.2) is 25.0 Å². The van der Waals surface area contributed by atoms with Crippen molar-refractivity contribution in [3.05, 3.63) is 71.6 Å². The Morgan fingerprint density at radius 2 is 1.86 bits per heavy atom. The fraction of sp³-hybridized carbons (Fsp3) is 0.158. The SMILES string of the molecule is Cc1ccc(-c2noc(CSc3nnc(COc4ccc(F)cc4)n3N)n2)cc1. The summed E-state index contributed by atoms with van der Waals surface area (Å²) in [4.78, 5) is 4.39. The molecule has 4 aromatic rings. The first kappa shape index (κ1) is 18.9. The van der Waals surface area contributed by atoms with Crippen molar-refractivity contribution < 1.29 is 13.7 Å². The van der Waals surface area contributed by atoms with Crippen LogP contribution >= 0.6 is 11.8 Å². The highest BCUT2D eigenvalue weighted by molar-refractivity contribution is 7.98. The van der Waals surface area contributed by atoms with Crippen LogP contribution in [0.2, 0.25) is 0 Å². The fourth-order valence-electron chi connectivity index (χ4n) is 2.44. The van der Waals surface area contributed by atoms with Crippen LogP contribution in [0.5, 0.6) is 5.75 Å². The van der Waals surface area contributed by atoms with E-state index in [-0.39, 0.29) is 12.4 Å². The zero-order valence-corrected chi connectivity index (χ0v) is 16.3. The highest BCUT2D eigenvalue weighted by atomic mass is 32.2. The molecule has 0 bridgehead atoms. The van der Waals surface area contributed by atoms with E-state index in [0.29, 0.717) is 34.2 Å². The first-order chi connectivity index (χ1) is 14.1. The molecule has 29 heavy (non-hydrogen) atoms. The van der Waals surface area contributed by atoms with E-state index in [1.165, 1.54) is 40.7 Å². The summed E-state index contributed by atoms with van der Waals surface area (Å²) in [7, 11) is 0. The minimum atomic E-state index is -0.329. The Labute approximate surface area is 169 Å². The summed E-state index contributed by atoms with van der Waals surface area (Å²) in [6, 6.07) is 13.6. The van der Waals surface area contributed by atoms with Crippen molar-refractivity contribution in [1.82, 2.24) is 25.0 Å². The highest BCUT2D eigenvalue weighted by Gasteiger charge is 2.14. The summed E-state index contributed by atoms with van der Waals surface area (Å²) in [5.74, 6) is 8.03. The van der Waals surface area contributed by atoms with Crippen LogP contribution in [0.15, 0.2) is 58.2 Å². The molecule has 4 rings (SSSR count). The summed E-state index contributed by atoms with van der Waals surface area (Å²) in [5.41, 5.74) is 2.05. The van der Waals surface area contributed by atoms with Gasteiger partial charge in [0.15, 0.2) is 5.82 Å². The van der Waals surface area contributed by atoms with Crippen LogP contribution in [-0.2, 0) is 12.4 Å². The van der Waals surface area contributed by atoms with Crippen molar-refractivity contribution in [1.29, 1.82) is 0 Å². The third-order valence-corrected chi connectivity index (χ3v) is 4.95. The molecule has 0 aliphatic carbocycles. The second-order valence-electron chi connectivity index (χ2n) is 6.18. The zero-order valence-electron chi connectivity index (χ0n) is 15.4. The third-order valence-electron chi connectivity index (χ3n) is 4.02. The lowest BCUT2D eigenvalue weighted by molar-refractivity contribution is 0.291. The van der Waals surface area contributed by atoms with E-state index in [1.54, 1.807) is 0 Å². The van der Waals surface area contributed by atoms with Gasteiger partial charge in [-0.15, -0.1) is 10.2 Å². The molecule has 8 nitrogen and oxygen atoms in total. The molecule has 0 radical (unpaired) electrons. The number of nitrogen functional groups attached to an aromatic ring is 1. The van der Waals surface area contributed by atoms with Gasteiger partial charge in [0.2, 0.25) is 16.9 Å². The minimum absolute atomic E-state index is 0.105. The molecule has 0 aliphatic rings. The number of hydrogen-bond donors (Lipinski definition) is 1. The second kappa shape index (κ2) is 8.31. The standard InChI is InChI=1S/C19H17FN6O2S/c1-12-2-4-13(5-3-12)18-22-17(28-25-18)11-29-19-24-23-16(26(19)21)10-27-15-8-6-14(20)7-9-15/h2-9H,10-11,21H2,1H3. The Morgan fingerprint density at radius 1 is 1.10 bits per heavy atom. The molecule has 2 N–H and O–H groups in total. The maximum Gasteiger partial charge on any atom is 0.237 e. The number of hydrogen-bond acceptors (Lipinski definition) is 8. The Balaban J connectivity index is 1.35. The average Bonchev–Trinajstić information content (AvgIpc) is 3.33. The van der Waals surface area contributed by atoms with Crippen molar-refractivity contribution in [3.8, 4) is 17.1 Å². The lowest BCUT2D eigenvalue weighted by atomic mass is 10.1. The molecular formula is C19H17FN6O2S. The van der Waals surface area contributed by atoms with Crippen molar-refractivity contribution in [2.75, 3.05) is 5.84 Å². The number of thioether (sulfide) groups is 1. The predicted octanol–water partition coefficient (Wildman–Crippen LogP) is 3.36. The number of benzene rings is 2. The van der Waals surface area contributed by atoms with Crippen molar-refractivity contribution >= 4 is 11.8 Å². The second-order valence-corrected chi connectivity index (χ2v) is 7.12. The lowest BCUT2D eigenvalue weighted by Gasteiger charge is -2.05. The number of aromatic nitrogens is 5. The molecule has 0 atom stereocenters. The van der Waals surface area contributed by atoms with Gasteiger partial charge in [0.1, 0.15) is 18.2 Å². The topological polar surface area (TPSA) is 105 Å². The monoisotopic (exact) mass is 412 g/mol. The largest absolute Gasteiger partial charge is 0.486 e. The zero-order chi connectivity index (χ0) is 20.2. The van der Waals surface area contributed by atoms with Crippen molar-refractivity contribution in [3.63, 3.8) is 0 Å². The van der Waals surface area contributed by atoms with Gasteiger partial charge in [0.05, 0.1) is 5.75 Å². The van der Waals surface area contributed by atoms with E-state index in [4.69, 9.17) is 15.1 Å². The van der Waals surface area contributed by atoms with E-state index < -0.39 is 0 Å². The smallest absolute Gasteiger partial charge is 0.237 e. The quantitative estimate of drug-likeness (QED) is 0.364. The van der Waals surface area contributed by atoms with Gasteiger partial charge in [-0.1, -0.05) is 46.7 Å². The van der Waals surface area contributed by atoms with Gasteiger partial charge in [0.25, 0.3) is 0 Å². The van der Waals surface area contributed by atoms with Gasteiger partial charge in [0, 0.05) is 5.56 Å². The van der Waals surface area contributed by atoms with E-state index in [1.807, 2.05) is 31.2 Å². The van der Waals surface area contributed by atoms with Crippen molar-refractivity contribution in [2.45, 2.75) is 24.4 Å². The highest BCUT2D eigenvalue weighted by Crippen LogP contribution is 2.22. The molecule has 0 saturated carbocycles.